The molecule has 1 amide bonds. The molecule has 0 aromatic heterocycles. The molecule has 1 atom stereocenters. The average Bonchev–Trinajstić information content (AvgIpc) is 2.36. The summed E-state index contributed by atoms with van der Waals surface area (Å²) in [5, 5.41) is 11.4. The maximum absolute atomic E-state index is 13.3. The van der Waals surface area contributed by atoms with Crippen LogP contribution in [0.3, 0.4) is 0 Å². The van der Waals surface area contributed by atoms with Crippen LogP contribution in [0, 0.1) is 5.82 Å². The number of nitrogens with one attached hydrogen (secondary N) is 1. The lowest BCUT2D eigenvalue weighted by atomic mass is 9.99. The lowest BCUT2D eigenvalue weighted by Gasteiger charge is -2.28. The van der Waals surface area contributed by atoms with Gasteiger partial charge in [-0.05, 0) is 19.1 Å². The van der Waals surface area contributed by atoms with Crippen molar-refractivity contribution in [1.82, 2.24) is 5.32 Å². The maximum Gasteiger partial charge on any atom is 0.305 e. The molecule has 6 nitrogen and oxygen atoms in total. The summed E-state index contributed by atoms with van der Waals surface area (Å²) >= 11 is 0. The van der Waals surface area contributed by atoms with Gasteiger partial charge in [0.25, 0.3) is 5.91 Å². The fraction of sp³-hybridized carbons (Fsp3) is 0.429. The van der Waals surface area contributed by atoms with Gasteiger partial charge in [-0.15, -0.1) is 0 Å². The quantitative estimate of drug-likeness (QED) is 0.753. The fourth-order valence-corrected chi connectivity index (χ4v) is 1.86. The third-order valence-electron chi connectivity index (χ3n) is 2.64. The minimum Gasteiger partial charge on any atom is -0.481 e. The molecule has 1 rings (SSSR count). The summed E-state index contributed by atoms with van der Waals surface area (Å²) < 4.78 is 23.3. The summed E-state index contributed by atoms with van der Waals surface area (Å²) in [4.78, 5) is 22.6. The molecule has 1 aromatic carbocycles. The van der Waals surface area contributed by atoms with E-state index in [9.17, 15) is 14.0 Å². The Morgan fingerprint density at radius 1 is 1.38 bits per heavy atom. The number of carbonyl (C=O) groups is 2. The van der Waals surface area contributed by atoms with E-state index in [-0.39, 0.29) is 18.8 Å². The number of aliphatic carboxylic acids is 1. The van der Waals surface area contributed by atoms with Crippen LogP contribution in [0.25, 0.3) is 0 Å². The standard InChI is InChI=1S/C14H18FNO5/c1-14(9-20-2,7-13(18)19)16-12(17)8-21-11-6-4-3-5-10(11)15/h3-6H,7-9H2,1-2H3,(H,16,17)(H,18,19). The second kappa shape index (κ2) is 7.58. The maximum atomic E-state index is 13.3. The number of methoxy groups -OCH3 is 1. The van der Waals surface area contributed by atoms with Crippen molar-refractivity contribution in [1.29, 1.82) is 0 Å². The Kier molecular flexibility index (Phi) is 6.10. The Bertz CT molecular complexity index is 508. The van der Waals surface area contributed by atoms with Crippen LogP contribution in [-0.4, -0.2) is 42.8 Å². The molecule has 7 heteroatoms. The van der Waals surface area contributed by atoms with Crippen molar-refractivity contribution in [3.05, 3.63) is 30.1 Å². The Hall–Kier alpha value is -2.15. The summed E-state index contributed by atoms with van der Waals surface area (Å²) in [6.07, 6.45) is -0.299. The first-order valence-electron chi connectivity index (χ1n) is 6.25. The van der Waals surface area contributed by atoms with Crippen LogP contribution < -0.4 is 10.1 Å². The lowest BCUT2D eigenvalue weighted by Crippen LogP contribution is -2.52. The van der Waals surface area contributed by atoms with Gasteiger partial charge in [-0.2, -0.15) is 0 Å². The molecule has 21 heavy (non-hydrogen) atoms. The van der Waals surface area contributed by atoms with Gasteiger partial charge in [0.05, 0.1) is 18.6 Å². The van der Waals surface area contributed by atoms with Crippen molar-refractivity contribution in [2.45, 2.75) is 18.9 Å². The molecule has 0 spiro atoms. The third kappa shape index (κ3) is 5.78. The molecule has 0 fully saturated rings. The van der Waals surface area contributed by atoms with Crippen molar-refractivity contribution < 1.29 is 28.6 Å². The molecule has 0 bridgehead atoms. The molecule has 1 unspecified atom stereocenters. The van der Waals surface area contributed by atoms with Gasteiger partial charge in [0.15, 0.2) is 18.2 Å². The summed E-state index contributed by atoms with van der Waals surface area (Å²) in [6.45, 7) is 1.16. The monoisotopic (exact) mass is 299 g/mol. The first kappa shape index (κ1) is 16.9. The molecule has 0 saturated carbocycles. The van der Waals surface area contributed by atoms with Gasteiger partial charge in [0.1, 0.15) is 0 Å². The van der Waals surface area contributed by atoms with Gasteiger partial charge in [0, 0.05) is 7.11 Å². The number of hydrogen-bond donors (Lipinski definition) is 2. The third-order valence-corrected chi connectivity index (χ3v) is 2.64. The Morgan fingerprint density at radius 2 is 2.05 bits per heavy atom. The molecular weight excluding hydrogens is 281 g/mol. The number of halogens is 1. The van der Waals surface area contributed by atoms with Crippen LogP contribution in [0.2, 0.25) is 0 Å². The normalized spacial score (nSPS) is 13.3. The average molecular weight is 299 g/mol. The second-order valence-corrected chi connectivity index (χ2v) is 4.83. The Morgan fingerprint density at radius 3 is 2.62 bits per heavy atom. The highest BCUT2D eigenvalue weighted by molar-refractivity contribution is 5.79. The number of carboxylic acids is 1. The number of amides is 1. The number of carboxylic acid groups (broad SMARTS) is 1. The molecule has 0 aliphatic carbocycles. The zero-order chi connectivity index (χ0) is 15.9. The summed E-state index contributed by atoms with van der Waals surface area (Å²) in [5.74, 6) is -2.24. The van der Waals surface area contributed by atoms with Gasteiger partial charge in [-0.3, -0.25) is 9.59 Å². The first-order chi connectivity index (χ1) is 9.86. The minimum absolute atomic E-state index is 0.0325. The van der Waals surface area contributed by atoms with E-state index in [1.165, 1.54) is 25.3 Å². The van der Waals surface area contributed by atoms with E-state index in [0.29, 0.717) is 0 Å². The summed E-state index contributed by atoms with van der Waals surface area (Å²) in [7, 11) is 1.40. The van der Waals surface area contributed by atoms with E-state index >= 15 is 0 Å². The van der Waals surface area contributed by atoms with E-state index in [0.717, 1.165) is 0 Å². The van der Waals surface area contributed by atoms with Crippen molar-refractivity contribution in [3.8, 4) is 5.75 Å². The van der Waals surface area contributed by atoms with Gasteiger partial charge in [-0.1, -0.05) is 12.1 Å². The second-order valence-electron chi connectivity index (χ2n) is 4.83. The lowest BCUT2D eigenvalue weighted by molar-refractivity contribution is -0.139. The van der Waals surface area contributed by atoms with Gasteiger partial charge in [0.2, 0.25) is 0 Å². The van der Waals surface area contributed by atoms with Gasteiger partial charge in [-0.25, -0.2) is 4.39 Å². The van der Waals surface area contributed by atoms with E-state index in [1.54, 1.807) is 13.0 Å². The highest BCUT2D eigenvalue weighted by Gasteiger charge is 2.29. The molecule has 1 aromatic rings. The SMILES string of the molecule is COCC(C)(CC(=O)O)NC(=O)COc1ccccc1F. The van der Waals surface area contributed by atoms with Crippen LogP contribution in [0.1, 0.15) is 13.3 Å². The Labute approximate surface area is 121 Å². The Balaban J connectivity index is 2.58. The van der Waals surface area contributed by atoms with Crippen LogP contribution in [0.5, 0.6) is 5.75 Å². The smallest absolute Gasteiger partial charge is 0.305 e. The number of rotatable bonds is 8. The van der Waals surface area contributed by atoms with E-state index < -0.39 is 29.8 Å². The number of ether oxygens (including phenoxy) is 2. The van der Waals surface area contributed by atoms with Crippen LogP contribution in [-0.2, 0) is 14.3 Å². The van der Waals surface area contributed by atoms with Crippen molar-refractivity contribution >= 4 is 11.9 Å². The summed E-state index contributed by atoms with van der Waals surface area (Å²) in [6, 6.07) is 5.70. The highest BCUT2D eigenvalue weighted by Crippen LogP contribution is 2.15. The van der Waals surface area contributed by atoms with Gasteiger partial charge >= 0.3 is 5.97 Å². The number of hydrogen-bond acceptors (Lipinski definition) is 4. The zero-order valence-corrected chi connectivity index (χ0v) is 11.9. The zero-order valence-electron chi connectivity index (χ0n) is 11.9. The summed E-state index contributed by atoms with van der Waals surface area (Å²) in [5.41, 5.74) is -1.06. The topological polar surface area (TPSA) is 84.9 Å². The molecule has 0 heterocycles. The van der Waals surface area contributed by atoms with Crippen LogP contribution in [0.4, 0.5) is 4.39 Å². The van der Waals surface area contributed by atoms with Crippen molar-refractivity contribution in [2.24, 2.45) is 0 Å². The highest BCUT2D eigenvalue weighted by atomic mass is 19.1. The van der Waals surface area contributed by atoms with E-state index in [2.05, 4.69) is 5.32 Å². The van der Waals surface area contributed by atoms with Gasteiger partial charge < -0.3 is 19.9 Å². The predicted octanol–water partition coefficient (Wildman–Crippen LogP) is 1.20. The minimum atomic E-state index is -1.06. The molecular formula is C14H18FNO5. The molecule has 0 aliphatic rings. The fourth-order valence-electron chi connectivity index (χ4n) is 1.86. The van der Waals surface area contributed by atoms with Crippen LogP contribution >= 0.6 is 0 Å². The molecule has 0 radical (unpaired) electrons. The molecule has 0 aliphatic heterocycles. The largest absolute Gasteiger partial charge is 0.481 e. The first-order valence-corrected chi connectivity index (χ1v) is 6.25. The number of para-hydroxylation sites is 1. The molecule has 116 valence electrons. The molecule has 0 saturated heterocycles. The number of carbonyl (C=O) groups excluding carboxylic acids is 1. The van der Waals surface area contributed by atoms with E-state index in [4.69, 9.17) is 14.6 Å². The van der Waals surface area contributed by atoms with E-state index in [1.807, 2.05) is 0 Å². The van der Waals surface area contributed by atoms with Crippen LogP contribution in [0.15, 0.2) is 24.3 Å². The predicted molar refractivity (Wildman–Crippen MR) is 72.6 cm³/mol. The number of benzene rings is 1. The molecule has 2 N–H and O–H groups in total. The van der Waals surface area contributed by atoms with Crippen molar-refractivity contribution in [3.63, 3.8) is 0 Å². The van der Waals surface area contributed by atoms with Crippen molar-refractivity contribution in [2.75, 3.05) is 20.3 Å².